The van der Waals surface area contributed by atoms with E-state index in [1.54, 1.807) is 12.1 Å². The lowest BCUT2D eigenvalue weighted by molar-refractivity contribution is -0.267. The molecule has 0 bridgehead atoms. The van der Waals surface area contributed by atoms with Crippen LogP contribution in [0.4, 0.5) is 0 Å². The van der Waals surface area contributed by atoms with E-state index in [1.165, 1.54) is 0 Å². The number of rotatable bonds is 4. The molecule has 4 rings (SSSR count). The van der Waals surface area contributed by atoms with Crippen molar-refractivity contribution >= 4 is 5.97 Å². The van der Waals surface area contributed by atoms with Crippen molar-refractivity contribution in [3.63, 3.8) is 0 Å². The van der Waals surface area contributed by atoms with Crippen LogP contribution in [0, 0.1) is 22.7 Å². The largest absolute Gasteiger partial charge is 0.461 e. The van der Waals surface area contributed by atoms with Crippen molar-refractivity contribution in [2.45, 2.75) is 83.5 Å². The van der Waals surface area contributed by atoms with Crippen LogP contribution in [-0.2, 0) is 9.47 Å². The highest BCUT2D eigenvalue weighted by atomic mass is 16.5. The Kier molecular flexibility index (Phi) is 5.63. The monoisotopic (exact) mass is 426 g/mol. The highest BCUT2D eigenvalue weighted by molar-refractivity contribution is 5.89. The van der Waals surface area contributed by atoms with Crippen LogP contribution in [0.1, 0.15) is 76.6 Å². The normalized spacial score (nSPS) is 44.6. The molecule has 7 atom stereocenters. The van der Waals surface area contributed by atoms with Gasteiger partial charge in [0.1, 0.15) is 0 Å². The average molecular weight is 427 g/mol. The van der Waals surface area contributed by atoms with Gasteiger partial charge in [0.25, 0.3) is 0 Å². The molecule has 1 saturated heterocycles. The number of benzene rings is 1. The summed E-state index contributed by atoms with van der Waals surface area (Å²) in [7, 11) is 0. The third-order valence-corrected chi connectivity index (χ3v) is 9.12. The van der Waals surface area contributed by atoms with Crippen molar-refractivity contribution in [2.75, 3.05) is 6.61 Å². The maximum atomic E-state index is 12.6. The third kappa shape index (κ3) is 3.66. The molecule has 1 heterocycles. The van der Waals surface area contributed by atoms with Gasteiger partial charge in [-0.3, -0.25) is 0 Å². The molecule has 0 radical (unpaired) electrons. The SMILES string of the molecule is C=C[C@@]1(C)CC[C@@H]2[C@]3(C)CC[C@@H](O)[C@](C)(COC(=O)c4ccccc4)[C@@H]3CC[C@]2(C)O1. The molecule has 1 aromatic rings. The smallest absolute Gasteiger partial charge is 0.338 e. The van der Waals surface area contributed by atoms with Crippen LogP contribution < -0.4 is 0 Å². The molecule has 0 spiro atoms. The van der Waals surface area contributed by atoms with Gasteiger partial charge in [0, 0.05) is 5.41 Å². The van der Waals surface area contributed by atoms with E-state index in [2.05, 4.69) is 34.3 Å². The Labute approximate surface area is 187 Å². The second-order valence-electron chi connectivity index (χ2n) is 11.1. The van der Waals surface area contributed by atoms with Gasteiger partial charge >= 0.3 is 5.97 Å². The molecule has 2 aliphatic carbocycles. The minimum absolute atomic E-state index is 0.0443. The molecule has 0 amide bonds. The molecule has 31 heavy (non-hydrogen) atoms. The fraction of sp³-hybridized carbons (Fsp3) is 0.667. The van der Waals surface area contributed by atoms with Crippen LogP contribution in [-0.4, -0.2) is 35.0 Å². The van der Waals surface area contributed by atoms with Gasteiger partial charge in [0.15, 0.2) is 0 Å². The first-order valence-corrected chi connectivity index (χ1v) is 11.8. The number of ether oxygens (including phenoxy) is 2. The molecular formula is C27H38O4. The van der Waals surface area contributed by atoms with Crippen LogP contribution in [0.5, 0.6) is 0 Å². The number of carbonyl (C=O) groups is 1. The van der Waals surface area contributed by atoms with Gasteiger partial charge in [0.2, 0.25) is 0 Å². The maximum Gasteiger partial charge on any atom is 0.338 e. The van der Waals surface area contributed by atoms with Crippen molar-refractivity contribution in [1.82, 2.24) is 0 Å². The molecular weight excluding hydrogens is 388 g/mol. The second kappa shape index (κ2) is 7.74. The van der Waals surface area contributed by atoms with Crippen LogP contribution >= 0.6 is 0 Å². The summed E-state index contributed by atoms with van der Waals surface area (Å²) in [6.45, 7) is 13.2. The molecule has 1 aromatic carbocycles. The summed E-state index contributed by atoms with van der Waals surface area (Å²) in [5, 5.41) is 11.1. The van der Waals surface area contributed by atoms with E-state index in [0.29, 0.717) is 11.5 Å². The summed E-state index contributed by atoms with van der Waals surface area (Å²) in [5.41, 5.74) is -0.312. The number of aliphatic hydroxyl groups excluding tert-OH is 1. The summed E-state index contributed by atoms with van der Waals surface area (Å²) in [6, 6.07) is 9.11. The molecule has 2 saturated carbocycles. The zero-order chi connectivity index (χ0) is 22.5. The lowest BCUT2D eigenvalue weighted by Crippen LogP contribution is -2.65. The predicted molar refractivity (Wildman–Crippen MR) is 122 cm³/mol. The Morgan fingerprint density at radius 3 is 2.45 bits per heavy atom. The molecule has 4 heteroatoms. The first kappa shape index (κ1) is 22.5. The maximum absolute atomic E-state index is 12.6. The Balaban J connectivity index is 1.57. The standard InChI is InChI=1S/C27H38O4/c1-6-24(2)15-12-21-25(3)16-14-22(28)26(4,20(25)13-17-27(21,5)31-24)18-30-23(29)19-10-8-7-9-11-19/h6-11,20-22,28H,1,12-18H2,2-5H3/t20-,21-,22-,24+,25-,26-,27+/m1/s1. The average Bonchev–Trinajstić information content (AvgIpc) is 2.75. The second-order valence-corrected chi connectivity index (χ2v) is 11.1. The number of hydrogen-bond donors (Lipinski definition) is 1. The van der Waals surface area contributed by atoms with E-state index in [9.17, 15) is 9.90 Å². The van der Waals surface area contributed by atoms with Crippen LogP contribution in [0.25, 0.3) is 0 Å². The van der Waals surface area contributed by atoms with Gasteiger partial charge in [-0.1, -0.05) is 38.1 Å². The number of fused-ring (bicyclic) bond motifs is 3. The van der Waals surface area contributed by atoms with Crippen molar-refractivity contribution in [3.05, 3.63) is 48.6 Å². The molecule has 1 N–H and O–H groups in total. The van der Waals surface area contributed by atoms with Gasteiger partial charge in [-0.2, -0.15) is 0 Å². The van der Waals surface area contributed by atoms with E-state index >= 15 is 0 Å². The van der Waals surface area contributed by atoms with E-state index in [1.807, 2.05) is 24.3 Å². The zero-order valence-corrected chi connectivity index (χ0v) is 19.5. The fourth-order valence-corrected chi connectivity index (χ4v) is 7.31. The van der Waals surface area contributed by atoms with Crippen LogP contribution in [0.15, 0.2) is 43.0 Å². The quantitative estimate of drug-likeness (QED) is 0.506. The molecule has 4 nitrogen and oxygen atoms in total. The molecule has 3 aliphatic rings. The van der Waals surface area contributed by atoms with Crippen molar-refractivity contribution in [1.29, 1.82) is 0 Å². The highest BCUT2D eigenvalue weighted by Gasteiger charge is 2.64. The Hall–Kier alpha value is -1.65. The van der Waals surface area contributed by atoms with Crippen molar-refractivity contribution < 1.29 is 19.4 Å². The summed E-state index contributed by atoms with van der Waals surface area (Å²) in [5.74, 6) is 0.384. The van der Waals surface area contributed by atoms with Crippen LogP contribution in [0.2, 0.25) is 0 Å². The van der Waals surface area contributed by atoms with Crippen LogP contribution in [0.3, 0.4) is 0 Å². The minimum Gasteiger partial charge on any atom is -0.461 e. The van der Waals surface area contributed by atoms with Gasteiger partial charge in [-0.05, 0) is 81.8 Å². The number of carbonyl (C=O) groups excluding carboxylic acids is 1. The first-order valence-electron chi connectivity index (χ1n) is 11.8. The minimum atomic E-state index is -0.471. The van der Waals surface area contributed by atoms with E-state index in [4.69, 9.17) is 9.47 Å². The molecule has 0 aromatic heterocycles. The zero-order valence-electron chi connectivity index (χ0n) is 19.5. The lowest BCUT2D eigenvalue weighted by Gasteiger charge is -2.66. The summed E-state index contributed by atoms with van der Waals surface area (Å²) in [4.78, 5) is 12.6. The first-order chi connectivity index (χ1) is 14.6. The van der Waals surface area contributed by atoms with Gasteiger partial charge in [-0.25, -0.2) is 4.79 Å². The van der Waals surface area contributed by atoms with Crippen molar-refractivity contribution in [3.8, 4) is 0 Å². The Morgan fingerprint density at radius 1 is 1.10 bits per heavy atom. The molecule has 3 fully saturated rings. The summed E-state index contributed by atoms with van der Waals surface area (Å²) >= 11 is 0. The van der Waals surface area contributed by atoms with Gasteiger partial charge in [0.05, 0.1) is 29.5 Å². The molecule has 1 aliphatic heterocycles. The number of aliphatic hydroxyl groups is 1. The highest BCUT2D eigenvalue weighted by Crippen LogP contribution is 2.65. The lowest BCUT2D eigenvalue weighted by atomic mass is 9.43. The fourth-order valence-electron chi connectivity index (χ4n) is 7.31. The number of hydrogen-bond acceptors (Lipinski definition) is 4. The van der Waals surface area contributed by atoms with E-state index in [0.717, 1.165) is 38.5 Å². The Morgan fingerprint density at radius 2 is 1.77 bits per heavy atom. The Bertz CT molecular complexity index is 837. The topological polar surface area (TPSA) is 55.8 Å². The van der Waals surface area contributed by atoms with Gasteiger partial charge in [-0.15, -0.1) is 6.58 Å². The molecule has 0 unspecified atom stereocenters. The summed E-state index contributed by atoms with van der Waals surface area (Å²) < 4.78 is 12.5. The predicted octanol–water partition coefficient (Wildman–Crippen LogP) is 5.55. The third-order valence-electron chi connectivity index (χ3n) is 9.12. The van der Waals surface area contributed by atoms with Crippen molar-refractivity contribution in [2.24, 2.45) is 22.7 Å². The van der Waals surface area contributed by atoms with Gasteiger partial charge < -0.3 is 14.6 Å². The van der Waals surface area contributed by atoms with E-state index < -0.39 is 11.5 Å². The number of esters is 1. The van der Waals surface area contributed by atoms with E-state index in [-0.39, 0.29) is 35.1 Å². The summed E-state index contributed by atoms with van der Waals surface area (Å²) in [6.07, 6.45) is 7.20. The molecule has 170 valence electrons.